The Labute approximate surface area is 96.5 Å². The van der Waals surface area contributed by atoms with Gasteiger partial charge in [0.25, 0.3) is 0 Å². The van der Waals surface area contributed by atoms with Crippen LogP contribution < -0.4 is 15.4 Å². The zero-order valence-electron chi connectivity index (χ0n) is 10.0. The Hall–Kier alpha value is -1.71. The first kappa shape index (κ1) is 12.4. The second-order valence-corrected chi connectivity index (χ2v) is 3.86. The number of benzene rings is 1. The van der Waals surface area contributed by atoms with Crippen molar-refractivity contribution in [3.63, 3.8) is 0 Å². The fraction of sp³-hybridized carbons (Fsp3) is 0.417. The number of nitrogens with two attached hydrogens (primary N) is 1. The van der Waals surface area contributed by atoms with E-state index in [-0.39, 0.29) is 11.9 Å². The molecule has 0 radical (unpaired) electrons. The zero-order valence-corrected chi connectivity index (χ0v) is 10.0. The molecular formula is C12H19N3O. The van der Waals surface area contributed by atoms with Gasteiger partial charge in [-0.05, 0) is 18.6 Å². The summed E-state index contributed by atoms with van der Waals surface area (Å²) in [6, 6.07) is 7.74. The number of hydrogen-bond donors (Lipinski definition) is 2. The van der Waals surface area contributed by atoms with Gasteiger partial charge in [0, 0.05) is 25.8 Å². The molecule has 0 spiro atoms. The fourth-order valence-electron chi connectivity index (χ4n) is 1.37. The van der Waals surface area contributed by atoms with E-state index in [9.17, 15) is 0 Å². The predicted molar refractivity (Wildman–Crippen MR) is 67.4 cm³/mol. The summed E-state index contributed by atoms with van der Waals surface area (Å²) in [6.07, 6.45) is 0.360. The van der Waals surface area contributed by atoms with E-state index in [0.29, 0.717) is 6.42 Å². The summed E-state index contributed by atoms with van der Waals surface area (Å²) in [5.74, 6) is 0.811. The van der Waals surface area contributed by atoms with E-state index < -0.39 is 0 Å². The molecule has 0 saturated carbocycles. The molecule has 0 bridgehead atoms. The third-order valence-electron chi connectivity index (χ3n) is 2.33. The molecule has 3 N–H and O–H groups in total. The molecule has 88 valence electrons. The van der Waals surface area contributed by atoms with Gasteiger partial charge in [-0.1, -0.05) is 13.0 Å². The van der Waals surface area contributed by atoms with Crippen molar-refractivity contribution < 1.29 is 4.74 Å². The van der Waals surface area contributed by atoms with E-state index in [1.165, 1.54) is 0 Å². The first-order valence-electron chi connectivity index (χ1n) is 5.32. The molecule has 0 aliphatic carbocycles. The number of anilines is 1. The molecule has 16 heavy (non-hydrogen) atoms. The Morgan fingerprint density at radius 3 is 2.69 bits per heavy atom. The van der Waals surface area contributed by atoms with E-state index in [0.717, 1.165) is 11.4 Å². The van der Waals surface area contributed by atoms with Crippen LogP contribution in [-0.4, -0.2) is 26.0 Å². The van der Waals surface area contributed by atoms with E-state index >= 15 is 0 Å². The average Bonchev–Trinajstić information content (AvgIpc) is 2.25. The van der Waals surface area contributed by atoms with Crippen LogP contribution in [0.1, 0.15) is 13.3 Å². The molecule has 0 heterocycles. The molecule has 1 aromatic rings. The molecule has 1 unspecified atom stereocenters. The minimum atomic E-state index is -0.336. The first-order chi connectivity index (χ1) is 7.54. The smallest absolute Gasteiger partial charge is 0.155 e. The predicted octanol–water partition coefficient (Wildman–Crippen LogP) is 1.85. The SMILES string of the molecule is CCC(Oc1cccc(N(C)C)c1)C(=N)N. The molecule has 0 aliphatic rings. The van der Waals surface area contributed by atoms with E-state index in [2.05, 4.69) is 0 Å². The Morgan fingerprint density at radius 2 is 2.19 bits per heavy atom. The van der Waals surface area contributed by atoms with Crippen molar-refractivity contribution in [3.8, 4) is 5.75 Å². The van der Waals surface area contributed by atoms with Gasteiger partial charge in [-0.3, -0.25) is 5.41 Å². The molecule has 1 aromatic carbocycles. The van der Waals surface area contributed by atoms with Gasteiger partial charge >= 0.3 is 0 Å². The summed E-state index contributed by atoms with van der Waals surface area (Å²) in [7, 11) is 3.95. The van der Waals surface area contributed by atoms with Crippen molar-refractivity contribution in [1.82, 2.24) is 0 Å². The highest BCUT2D eigenvalue weighted by atomic mass is 16.5. The minimum Gasteiger partial charge on any atom is -0.483 e. The Balaban J connectivity index is 2.80. The van der Waals surface area contributed by atoms with Gasteiger partial charge in [-0.25, -0.2) is 0 Å². The molecule has 1 atom stereocenters. The fourth-order valence-corrected chi connectivity index (χ4v) is 1.37. The standard InChI is InChI=1S/C12H19N3O/c1-4-11(12(13)14)16-10-7-5-6-9(8-10)15(2)3/h5-8,11H,4H2,1-3H3,(H3,13,14). The Morgan fingerprint density at radius 1 is 1.50 bits per heavy atom. The quantitative estimate of drug-likeness (QED) is 0.589. The number of ether oxygens (including phenoxy) is 1. The van der Waals surface area contributed by atoms with Crippen LogP contribution in [0.3, 0.4) is 0 Å². The van der Waals surface area contributed by atoms with Crippen molar-refractivity contribution in [2.75, 3.05) is 19.0 Å². The number of amidine groups is 1. The van der Waals surface area contributed by atoms with Gasteiger partial charge in [-0.2, -0.15) is 0 Å². The maximum atomic E-state index is 7.38. The van der Waals surface area contributed by atoms with E-state index in [4.69, 9.17) is 15.9 Å². The zero-order chi connectivity index (χ0) is 12.1. The van der Waals surface area contributed by atoms with Crippen LogP contribution in [0.5, 0.6) is 5.75 Å². The third-order valence-corrected chi connectivity index (χ3v) is 2.33. The summed E-state index contributed by atoms with van der Waals surface area (Å²) >= 11 is 0. The Kier molecular flexibility index (Phi) is 4.17. The van der Waals surface area contributed by atoms with Crippen molar-refractivity contribution >= 4 is 11.5 Å². The van der Waals surface area contributed by atoms with Crippen molar-refractivity contribution in [3.05, 3.63) is 24.3 Å². The summed E-state index contributed by atoms with van der Waals surface area (Å²) in [4.78, 5) is 2.00. The number of rotatable bonds is 5. The minimum absolute atomic E-state index is 0.0674. The van der Waals surface area contributed by atoms with Crippen LogP contribution in [0.25, 0.3) is 0 Å². The molecule has 0 aliphatic heterocycles. The molecule has 4 nitrogen and oxygen atoms in total. The maximum absolute atomic E-state index is 7.38. The summed E-state index contributed by atoms with van der Waals surface area (Å²) in [5.41, 5.74) is 6.51. The van der Waals surface area contributed by atoms with Gasteiger partial charge in [0.05, 0.1) is 0 Å². The second kappa shape index (κ2) is 5.39. The third kappa shape index (κ3) is 3.15. The lowest BCUT2D eigenvalue weighted by Crippen LogP contribution is -2.32. The Bertz CT molecular complexity index is 363. The van der Waals surface area contributed by atoms with Crippen LogP contribution in [0.15, 0.2) is 24.3 Å². The highest BCUT2D eigenvalue weighted by molar-refractivity contribution is 5.82. The normalized spacial score (nSPS) is 11.9. The largest absolute Gasteiger partial charge is 0.483 e. The van der Waals surface area contributed by atoms with Crippen molar-refractivity contribution in [2.45, 2.75) is 19.4 Å². The van der Waals surface area contributed by atoms with Gasteiger partial charge in [0.15, 0.2) is 6.10 Å². The molecule has 0 aromatic heterocycles. The molecule has 4 heteroatoms. The molecule has 0 saturated heterocycles. The van der Waals surface area contributed by atoms with Gasteiger partial charge in [-0.15, -0.1) is 0 Å². The lowest BCUT2D eigenvalue weighted by atomic mass is 10.2. The molecule has 0 amide bonds. The van der Waals surface area contributed by atoms with Gasteiger partial charge in [0.2, 0.25) is 0 Å². The van der Waals surface area contributed by atoms with Crippen LogP contribution in [0, 0.1) is 5.41 Å². The summed E-state index contributed by atoms with van der Waals surface area (Å²) in [6.45, 7) is 1.95. The summed E-state index contributed by atoms with van der Waals surface area (Å²) < 4.78 is 5.64. The molecule has 1 rings (SSSR count). The van der Waals surface area contributed by atoms with E-state index in [1.807, 2.05) is 50.2 Å². The van der Waals surface area contributed by atoms with Crippen LogP contribution in [0.2, 0.25) is 0 Å². The number of nitrogens with zero attached hydrogens (tertiary/aromatic N) is 1. The maximum Gasteiger partial charge on any atom is 0.155 e. The topological polar surface area (TPSA) is 62.3 Å². The van der Waals surface area contributed by atoms with Crippen LogP contribution >= 0.6 is 0 Å². The first-order valence-corrected chi connectivity index (χ1v) is 5.32. The molecular weight excluding hydrogens is 202 g/mol. The number of hydrogen-bond acceptors (Lipinski definition) is 3. The lowest BCUT2D eigenvalue weighted by molar-refractivity contribution is 0.260. The van der Waals surface area contributed by atoms with Gasteiger partial charge in [0.1, 0.15) is 11.6 Å². The van der Waals surface area contributed by atoms with Crippen molar-refractivity contribution in [1.29, 1.82) is 5.41 Å². The van der Waals surface area contributed by atoms with Crippen LogP contribution in [0.4, 0.5) is 5.69 Å². The number of nitrogens with one attached hydrogen (secondary N) is 1. The monoisotopic (exact) mass is 221 g/mol. The average molecular weight is 221 g/mol. The lowest BCUT2D eigenvalue weighted by Gasteiger charge is -2.18. The highest BCUT2D eigenvalue weighted by Crippen LogP contribution is 2.20. The van der Waals surface area contributed by atoms with Gasteiger partial charge < -0.3 is 15.4 Å². The van der Waals surface area contributed by atoms with Crippen LogP contribution in [-0.2, 0) is 0 Å². The molecule has 0 fully saturated rings. The highest BCUT2D eigenvalue weighted by Gasteiger charge is 2.11. The summed E-state index contributed by atoms with van der Waals surface area (Å²) in [5, 5.41) is 7.38. The second-order valence-electron chi connectivity index (χ2n) is 3.86. The van der Waals surface area contributed by atoms with Crippen molar-refractivity contribution in [2.24, 2.45) is 5.73 Å². The van der Waals surface area contributed by atoms with E-state index in [1.54, 1.807) is 0 Å².